The number of benzene rings is 1. The lowest BCUT2D eigenvalue weighted by Gasteiger charge is -2.21. The monoisotopic (exact) mass is 339 g/mol. The van der Waals surface area contributed by atoms with Crippen molar-refractivity contribution < 1.29 is 28.9 Å². The molecule has 0 heterocycles. The maximum atomic E-state index is 11.7. The van der Waals surface area contributed by atoms with Crippen molar-refractivity contribution >= 4 is 12.1 Å². The van der Waals surface area contributed by atoms with Crippen LogP contribution in [0, 0.1) is 5.92 Å². The lowest BCUT2D eigenvalue weighted by atomic mass is 9.98. The average molecular weight is 339 g/mol. The van der Waals surface area contributed by atoms with Crippen LogP contribution in [-0.4, -0.2) is 43.5 Å². The number of ether oxygens (including phenoxy) is 3. The molecule has 0 aromatic heterocycles. The van der Waals surface area contributed by atoms with Crippen LogP contribution < -0.4 is 14.8 Å². The van der Waals surface area contributed by atoms with Gasteiger partial charge in [0.2, 0.25) is 0 Å². The first kappa shape index (κ1) is 19.6. The van der Waals surface area contributed by atoms with Crippen LogP contribution in [0.4, 0.5) is 4.79 Å². The summed E-state index contributed by atoms with van der Waals surface area (Å²) in [5, 5.41) is 11.9. The topological polar surface area (TPSA) is 94.1 Å². The van der Waals surface area contributed by atoms with E-state index in [1.165, 1.54) is 7.11 Å². The summed E-state index contributed by atoms with van der Waals surface area (Å²) < 4.78 is 15.5. The Bertz CT molecular complexity index is 579. The van der Waals surface area contributed by atoms with Crippen LogP contribution in [0.2, 0.25) is 0 Å². The van der Waals surface area contributed by atoms with Gasteiger partial charge in [-0.2, -0.15) is 0 Å². The van der Waals surface area contributed by atoms with Crippen molar-refractivity contribution in [3.05, 3.63) is 23.8 Å². The maximum Gasteiger partial charge on any atom is 0.407 e. The van der Waals surface area contributed by atoms with Crippen molar-refractivity contribution in [2.75, 3.05) is 20.8 Å². The fourth-order valence-electron chi connectivity index (χ4n) is 2.05. The molecule has 1 aromatic carbocycles. The van der Waals surface area contributed by atoms with E-state index in [4.69, 9.17) is 14.2 Å². The first-order valence-corrected chi connectivity index (χ1v) is 7.57. The summed E-state index contributed by atoms with van der Waals surface area (Å²) in [5.74, 6) is -0.657. The molecule has 1 amide bonds. The van der Waals surface area contributed by atoms with Crippen molar-refractivity contribution in [1.29, 1.82) is 0 Å². The number of hydrogen-bond donors (Lipinski definition) is 2. The Labute approximate surface area is 141 Å². The highest BCUT2D eigenvalue weighted by molar-refractivity contribution is 5.73. The molecule has 0 aliphatic rings. The summed E-state index contributed by atoms with van der Waals surface area (Å²) in [6.45, 7) is 5.18. The predicted molar refractivity (Wildman–Crippen MR) is 88.6 cm³/mol. The average Bonchev–Trinajstić information content (AvgIpc) is 2.49. The molecule has 0 radical (unpaired) electrons. The first-order valence-electron chi connectivity index (χ1n) is 7.57. The van der Waals surface area contributed by atoms with Gasteiger partial charge in [0.1, 0.15) is 17.1 Å². The van der Waals surface area contributed by atoms with Crippen LogP contribution in [0.5, 0.6) is 11.5 Å². The predicted octanol–water partition coefficient (Wildman–Crippen LogP) is 2.47. The van der Waals surface area contributed by atoms with Crippen LogP contribution in [0.15, 0.2) is 18.2 Å². The van der Waals surface area contributed by atoms with Gasteiger partial charge in [0, 0.05) is 12.6 Å². The Hall–Kier alpha value is -2.44. The normalized spacial score (nSPS) is 12.2. The van der Waals surface area contributed by atoms with Crippen LogP contribution in [0.25, 0.3) is 0 Å². The van der Waals surface area contributed by atoms with Crippen LogP contribution in [-0.2, 0) is 16.0 Å². The number of methoxy groups -OCH3 is 2. The molecule has 0 aliphatic heterocycles. The molecule has 7 heteroatoms. The second-order valence-electron chi connectivity index (χ2n) is 6.30. The molecule has 0 saturated heterocycles. The van der Waals surface area contributed by atoms with Crippen LogP contribution >= 0.6 is 0 Å². The first-order chi connectivity index (χ1) is 11.2. The van der Waals surface area contributed by atoms with Gasteiger partial charge in [-0.3, -0.25) is 4.79 Å². The van der Waals surface area contributed by atoms with Crippen LogP contribution in [0.1, 0.15) is 26.3 Å². The van der Waals surface area contributed by atoms with E-state index in [1.54, 1.807) is 46.1 Å². The minimum Gasteiger partial charge on any atom is -0.497 e. The molecular weight excluding hydrogens is 314 g/mol. The van der Waals surface area contributed by atoms with Crippen molar-refractivity contribution in [1.82, 2.24) is 5.32 Å². The molecule has 24 heavy (non-hydrogen) atoms. The fraction of sp³-hybridized carbons (Fsp3) is 0.529. The number of amides is 1. The standard InChI is InChI=1S/C17H25NO6/c1-17(2,3)24-16(21)18-10-12(15(19)20)8-11-6-7-13(22-4)9-14(11)23-5/h6-7,9,12H,8,10H2,1-5H3,(H,18,21)(H,19,20)/t12-/m1/s1. The Morgan fingerprint density at radius 1 is 1.21 bits per heavy atom. The molecule has 7 nitrogen and oxygen atoms in total. The third kappa shape index (κ3) is 6.36. The van der Waals surface area contributed by atoms with Crippen molar-refractivity contribution in [2.24, 2.45) is 5.92 Å². The number of carboxylic acids is 1. The third-order valence-corrected chi connectivity index (χ3v) is 3.20. The molecule has 0 saturated carbocycles. The summed E-state index contributed by atoms with van der Waals surface area (Å²) in [6, 6.07) is 5.18. The molecule has 0 spiro atoms. The maximum absolute atomic E-state index is 11.7. The highest BCUT2D eigenvalue weighted by Crippen LogP contribution is 2.26. The van der Waals surface area contributed by atoms with E-state index in [1.807, 2.05) is 0 Å². The zero-order valence-electron chi connectivity index (χ0n) is 14.7. The molecule has 2 N–H and O–H groups in total. The Kier molecular flexibility index (Phi) is 6.88. The van der Waals surface area contributed by atoms with Crippen molar-refractivity contribution in [3.63, 3.8) is 0 Å². The highest BCUT2D eigenvalue weighted by Gasteiger charge is 2.23. The second-order valence-corrected chi connectivity index (χ2v) is 6.30. The lowest BCUT2D eigenvalue weighted by Crippen LogP contribution is -2.37. The number of rotatable bonds is 7. The molecule has 0 unspecified atom stereocenters. The lowest BCUT2D eigenvalue weighted by molar-refractivity contribution is -0.141. The zero-order valence-corrected chi connectivity index (χ0v) is 14.7. The number of alkyl carbamates (subject to hydrolysis) is 1. The molecule has 1 rings (SSSR count). The molecule has 0 bridgehead atoms. The van der Waals surface area contributed by atoms with Gasteiger partial charge in [0.25, 0.3) is 0 Å². The second kappa shape index (κ2) is 8.42. The van der Waals surface area contributed by atoms with Crippen molar-refractivity contribution in [2.45, 2.75) is 32.8 Å². The fourth-order valence-corrected chi connectivity index (χ4v) is 2.05. The van der Waals surface area contributed by atoms with E-state index in [-0.39, 0.29) is 13.0 Å². The molecule has 134 valence electrons. The summed E-state index contributed by atoms with van der Waals surface area (Å²) in [4.78, 5) is 23.1. The molecule has 0 aliphatic carbocycles. The van der Waals surface area contributed by atoms with E-state index in [2.05, 4.69) is 5.32 Å². The van der Waals surface area contributed by atoms with E-state index in [0.717, 1.165) is 5.56 Å². The number of hydrogen-bond acceptors (Lipinski definition) is 5. The molecule has 1 atom stereocenters. The van der Waals surface area contributed by atoms with E-state index >= 15 is 0 Å². The molecule has 1 aromatic rings. The van der Waals surface area contributed by atoms with Crippen LogP contribution in [0.3, 0.4) is 0 Å². The van der Waals surface area contributed by atoms with Gasteiger partial charge < -0.3 is 24.6 Å². The zero-order chi connectivity index (χ0) is 18.3. The smallest absolute Gasteiger partial charge is 0.407 e. The Morgan fingerprint density at radius 2 is 1.88 bits per heavy atom. The van der Waals surface area contributed by atoms with Gasteiger partial charge in [-0.15, -0.1) is 0 Å². The Balaban J connectivity index is 2.77. The summed E-state index contributed by atoms with van der Waals surface area (Å²) in [5.41, 5.74) is 0.0823. The van der Waals surface area contributed by atoms with E-state index in [9.17, 15) is 14.7 Å². The molecule has 0 fully saturated rings. The minimum absolute atomic E-state index is 0.0422. The van der Waals surface area contributed by atoms with Gasteiger partial charge in [0.05, 0.1) is 20.1 Å². The summed E-state index contributed by atoms with van der Waals surface area (Å²) in [6.07, 6.45) is -0.436. The van der Waals surface area contributed by atoms with Gasteiger partial charge in [-0.1, -0.05) is 6.07 Å². The van der Waals surface area contributed by atoms with Gasteiger partial charge >= 0.3 is 12.1 Å². The van der Waals surface area contributed by atoms with E-state index in [0.29, 0.717) is 11.5 Å². The van der Waals surface area contributed by atoms with Crippen molar-refractivity contribution in [3.8, 4) is 11.5 Å². The largest absolute Gasteiger partial charge is 0.497 e. The third-order valence-electron chi connectivity index (χ3n) is 3.20. The summed E-state index contributed by atoms with van der Waals surface area (Å²) in [7, 11) is 3.05. The Morgan fingerprint density at radius 3 is 2.38 bits per heavy atom. The number of carbonyl (C=O) groups is 2. The van der Waals surface area contributed by atoms with Gasteiger partial charge in [-0.05, 0) is 38.8 Å². The van der Waals surface area contributed by atoms with E-state index < -0.39 is 23.6 Å². The highest BCUT2D eigenvalue weighted by atomic mass is 16.6. The number of carboxylic acid groups (broad SMARTS) is 1. The minimum atomic E-state index is -1.01. The number of aliphatic carboxylic acids is 1. The summed E-state index contributed by atoms with van der Waals surface area (Å²) >= 11 is 0. The molecular formula is C17H25NO6. The SMILES string of the molecule is COc1ccc(C[C@H](CNC(=O)OC(C)(C)C)C(=O)O)c(OC)c1. The number of carbonyl (C=O) groups excluding carboxylic acids is 1. The van der Waals surface area contributed by atoms with Gasteiger partial charge in [-0.25, -0.2) is 4.79 Å². The number of nitrogens with one attached hydrogen (secondary N) is 1. The van der Waals surface area contributed by atoms with Gasteiger partial charge in [0.15, 0.2) is 0 Å². The quantitative estimate of drug-likeness (QED) is 0.792.